The number of sulfonamides is 1. The molecule has 30 heavy (non-hydrogen) atoms. The molecule has 164 valence electrons. The molecule has 0 aliphatic rings. The molecule has 0 aliphatic carbocycles. The third-order valence-electron chi connectivity index (χ3n) is 4.04. The van der Waals surface area contributed by atoms with Gasteiger partial charge in [0.25, 0.3) is 0 Å². The molecule has 0 radical (unpaired) electrons. The van der Waals surface area contributed by atoms with Crippen LogP contribution in [0.15, 0.2) is 34.3 Å². The van der Waals surface area contributed by atoms with Gasteiger partial charge < -0.3 is 15.8 Å². The van der Waals surface area contributed by atoms with Crippen LogP contribution < -0.4 is 15.8 Å². The Morgan fingerprint density at radius 3 is 2.50 bits per heavy atom. The maximum absolute atomic E-state index is 13.0. The smallest absolute Gasteiger partial charge is 0.246 e. The zero-order valence-electron chi connectivity index (χ0n) is 17.5. The molecule has 2 rings (SSSR count). The van der Waals surface area contributed by atoms with Crippen LogP contribution in [-0.4, -0.2) is 54.0 Å². The van der Waals surface area contributed by atoms with Crippen molar-refractivity contribution >= 4 is 39.2 Å². The largest absolute Gasteiger partial charge is 0.492 e. The second kappa shape index (κ2) is 10.6. The molecule has 0 aliphatic heterocycles. The Hall–Kier alpha value is -2.37. The Kier molecular flexibility index (Phi) is 8.44. The first-order chi connectivity index (χ1) is 14.2. The van der Waals surface area contributed by atoms with Crippen LogP contribution in [0.2, 0.25) is 0 Å². The van der Waals surface area contributed by atoms with Gasteiger partial charge >= 0.3 is 0 Å². The van der Waals surface area contributed by atoms with Crippen molar-refractivity contribution in [1.82, 2.24) is 14.3 Å². The maximum atomic E-state index is 13.0. The number of nitrogens with zero attached hydrogens (tertiary/aromatic N) is 3. The summed E-state index contributed by atoms with van der Waals surface area (Å²) in [7, 11) is -3.76. The Labute approximate surface area is 181 Å². The van der Waals surface area contributed by atoms with Crippen molar-refractivity contribution in [1.29, 1.82) is 0 Å². The fraction of sp³-hybridized carbons (Fsp3) is 0.421. The molecule has 11 heteroatoms. The Balaban J connectivity index is 2.20. The van der Waals surface area contributed by atoms with E-state index in [4.69, 9.17) is 10.5 Å². The normalized spacial score (nSPS) is 11.5. The number of carbonyl (C=O) groups excluding carboxylic acids is 1. The zero-order chi connectivity index (χ0) is 22.3. The van der Waals surface area contributed by atoms with Crippen molar-refractivity contribution in [3.05, 3.63) is 30.0 Å². The number of hydrogen-bond donors (Lipinski definition) is 2. The summed E-state index contributed by atoms with van der Waals surface area (Å²) in [5.74, 6) is 0.316. The lowest BCUT2D eigenvalue weighted by molar-refractivity contribution is -0.113. The van der Waals surface area contributed by atoms with Gasteiger partial charge in [-0.15, -0.1) is 0 Å². The van der Waals surface area contributed by atoms with Crippen LogP contribution >= 0.6 is 11.8 Å². The predicted molar refractivity (Wildman–Crippen MR) is 118 cm³/mol. The highest BCUT2D eigenvalue weighted by molar-refractivity contribution is 7.99. The van der Waals surface area contributed by atoms with E-state index < -0.39 is 10.0 Å². The van der Waals surface area contributed by atoms with E-state index in [1.54, 1.807) is 45.9 Å². The number of nitrogens with one attached hydrogen (secondary N) is 1. The molecule has 0 unspecified atom stereocenters. The molecular formula is C19H27N5O4S2. The van der Waals surface area contributed by atoms with Crippen molar-refractivity contribution in [2.24, 2.45) is 0 Å². The fourth-order valence-electron chi connectivity index (χ4n) is 2.72. The minimum Gasteiger partial charge on any atom is -0.492 e. The van der Waals surface area contributed by atoms with Crippen molar-refractivity contribution in [2.75, 3.05) is 36.5 Å². The molecule has 1 heterocycles. The molecule has 1 aromatic heterocycles. The molecule has 0 atom stereocenters. The first kappa shape index (κ1) is 23.9. The summed E-state index contributed by atoms with van der Waals surface area (Å²) in [5, 5.41) is 3.12. The molecule has 0 saturated heterocycles. The SMILES string of the molecule is CCOc1ccc(NC(=O)CSc2nc(C)cc(N)n2)cc1S(=O)(=O)N(CC)CC. The zero-order valence-corrected chi connectivity index (χ0v) is 19.1. The summed E-state index contributed by atoms with van der Waals surface area (Å²) >= 11 is 1.14. The number of hydrogen-bond acceptors (Lipinski definition) is 8. The second-order valence-corrected chi connectivity index (χ2v) is 9.09. The highest BCUT2D eigenvalue weighted by Crippen LogP contribution is 2.30. The Morgan fingerprint density at radius 1 is 1.20 bits per heavy atom. The van der Waals surface area contributed by atoms with Gasteiger partial charge in [0.1, 0.15) is 16.5 Å². The molecule has 0 saturated carbocycles. The van der Waals surface area contributed by atoms with E-state index in [2.05, 4.69) is 15.3 Å². The average molecular weight is 454 g/mol. The summed E-state index contributed by atoms with van der Waals surface area (Å²) in [5.41, 5.74) is 6.77. The minimum absolute atomic E-state index is 0.0216. The van der Waals surface area contributed by atoms with E-state index in [0.717, 1.165) is 11.8 Å². The van der Waals surface area contributed by atoms with Gasteiger partial charge in [-0.05, 0) is 32.0 Å². The van der Waals surface area contributed by atoms with Crippen LogP contribution in [-0.2, 0) is 14.8 Å². The highest BCUT2D eigenvalue weighted by atomic mass is 32.2. The van der Waals surface area contributed by atoms with Crippen LogP contribution in [0.1, 0.15) is 26.5 Å². The van der Waals surface area contributed by atoms with Crippen LogP contribution in [0.4, 0.5) is 11.5 Å². The lowest BCUT2D eigenvalue weighted by Gasteiger charge is -2.21. The predicted octanol–water partition coefficient (Wildman–Crippen LogP) is 2.53. The molecule has 1 aromatic carbocycles. The van der Waals surface area contributed by atoms with E-state index in [0.29, 0.717) is 42.1 Å². The number of amides is 1. The number of rotatable bonds is 10. The van der Waals surface area contributed by atoms with Gasteiger partial charge in [0.05, 0.1) is 12.4 Å². The van der Waals surface area contributed by atoms with E-state index in [1.165, 1.54) is 10.4 Å². The van der Waals surface area contributed by atoms with Gasteiger partial charge in [-0.2, -0.15) is 4.31 Å². The van der Waals surface area contributed by atoms with Crippen LogP contribution in [0.5, 0.6) is 5.75 Å². The van der Waals surface area contributed by atoms with Crippen LogP contribution in [0.3, 0.4) is 0 Å². The lowest BCUT2D eigenvalue weighted by Crippen LogP contribution is -2.31. The number of thioether (sulfide) groups is 1. The number of aryl methyl sites for hydroxylation is 1. The molecule has 1 amide bonds. The molecule has 9 nitrogen and oxygen atoms in total. The average Bonchev–Trinajstić information content (AvgIpc) is 2.67. The summed E-state index contributed by atoms with van der Waals surface area (Å²) < 4.78 is 32.8. The summed E-state index contributed by atoms with van der Waals surface area (Å²) in [6, 6.07) is 6.22. The Bertz CT molecular complexity index is 974. The van der Waals surface area contributed by atoms with Gasteiger partial charge in [0.15, 0.2) is 5.16 Å². The first-order valence-corrected chi connectivity index (χ1v) is 11.9. The molecular weight excluding hydrogens is 426 g/mol. The number of anilines is 2. The molecule has 2 aromatic rings. The Morgan fingerprint density at radius 2 is 1.90 bits per heavy atom. The highest BCUT2D eigenvalue weighted by Gasteiger charge is 2.26. The summed E-state index contributed by atoms with van der Waals surface area (Å²) in [4.78, 5) is 20.7. The monoisotopic (exact) mass is 453 g/mol. The van der Waals surface area contributed by atoms with Crippen LogP contribution in [0.25, 0.3) is 0 Å². The second-order valence-electron chi connectivity index (χ2n) is 6.24. The number of nitrogen functional groups attached to an aromatic ring is 1. The minimum atomic E-state index is -3.76. The van der Waals surface area contributed by atoms with E-state index >= 15 is 0 Å². The van der Waals surface area contributed by atoms with E-state index in [1.807, 2.05) is 0 Å². The van der Waals surface area contributed by atoms with Crippen molar-refractivity contribution in [2.45, 2.75) is 37.7 Å². The third-order valence-corrected chi connectivity index (χ3v) is 6.95. The van der Waals surface area contributed by atoms with Gasteiger partial charge in [-0.3, -0.25) is 4.79 Å². The van der Waals surface area contributed by atoms with Gasteiger partial charge in [0, 0.05) is 30.5 Å². The van der Waals surface area contributed by atoms with Gasteiger partial charge in [0.2, 0.25) is 15.9 Å². The standard InChI is InChI=1S/C19H27N5O4S2/c1-5-24(6-2)30(26,27)16-11-14(8-9-15(16)28-7-3)22-18(25)12-29-19-21-13(4)10-17(20)23-19/h8-11H,5-7,12H2,1-4H3,(H,22,25)(H2,20,21,23). The molecule has 0 spiro atoms. The van der Waals surface area contributed by atoms with Gasteiger partial charge in [-0.1, -0.05) is 25.6 Å². The number of aromatic nitrogens is 2. The molecule has 0 bridgehead atoms. The van der Waals surface area contributed by atoms with Crippen LogP contribution in [0, 0.1) is 6.92 Å². The number of nitrogens with two attached hydrogens (primary N) is 1. The van der Waals surface area contributed by atoms with Gasteiger partial charge in [-0.25, -0.2) is 18.4 Å². The fourth-order valence-corrected chi connectivity index (χ4v) is 5.05. The summed E-state index contributed by atoms with van der Waals surface area (Å²) in [6.45, 7) is 8.09. The molecule has 0 fully saturated rings. The quantitative estimate of drug-likeness (QED) is 0.415. The summed E-state index contributed by atoms with van der Waals surface area (Å²) in [6.07, 6.45) is 0. The maximum Gasteiger partial charge on any atom is 0.246 e. The molecule has 3 N–H and O–H groups in total. The van der Waals surface area contributed by atoms with Crippen molar-refractivity contribution in [3.63, 3.8) is 0 Å². The van der Waals surface area contributed by atoms with E-state index in [-0.39, 0.29) is 22.3 Å². The lowest BCUT2D eigenvalue weighted by atomic mass is 10.3. The first-order valence-electron chi connectivity index (χ1n) is 9.52. The third kappa shape index (κ3) is 6.07. The van der Waals surface area contributed by atoms with Crippen molar-refractivity contribution < 1.29 is 17.9 Å². The van der Waals surface area contributed by atoms with Crippen molar-refractivity contribution in [3.8, 4) is 5.75 Å². The number of carbonyl (C=O) groups is 1. The number of benzene rings is 1. The topological polar surface area (TPSA) is 128 Å². The number of ether oxygens (including phenoxy) is 1. The van der Waals surface area contributed by atoms with E-state index in [9.17, 15) is 13.2 Å².